The van der Waals surface area contributed by atoms with Crippen molar-refractivity contribution in [3.63, 3.8) is 0 Å². The average Bonchev–Trinajstić information content (AvgIpc) is 3.86. The molecule has 10 aromatic rings. The SMILES string of the molecule is CC1(C)c2ccccc2-c2ccc3c(c21)c1cc(-c2ccc4c(c2)-c2ccccc2C4c2cccc4ccccc24)ccc1n3-c1ccc(-c2ccccc2)cc1. The molecule has 0 aliphatic heterocycles. The summed E-state index contributed by atoms with van der Waals surface area (Å²) in [6, 6.07) is 72.4. The van der Waals surface area contributed by atoms with Gasteiger partial charge in [0.1, 0.15) is 0 Å². The van der Waals surface area contributed by atoms with Crippen molar-refractivity contribution in [1.82, 2.24) is 4.57 Å². The first-order chi connectivity index (χ1) is 28.0. The summed E-state index contributed by atoms with van der Waals surface area (Å²) in [6.45, 7) is 4.81. The summed E-state index contributed by atoms with van der Waals surface area (Å²) < 4.78 is 2.48. The highest BCUT2D eigenvalue weighted by molar-refractivity contribution is 6.15. The lowest BCUT2D eigenvalue weighted by Gasteiger charge is -2.22. The Labute approximate surface area is 333 Å². The van der Waals surface area contributed by atoms with Crippen molar-refractivity contribution in [3.05, 3.63) is 222 Å². The Kier molecular flexibility index (Phi) is 6.81. The van der Waals surface area contributed by atoms with Gasteiger partial charge in [-0.2, -0.15) is 0 Å². The molecule has 0 bridgehead atoms. The fraction of sp³-hybridized carbons (Fsp3) is 0.0714. The van der Waals surface area contributed by atoms with Gasteiger partial charge in [0.05, 0.1) is 11.0 Å². The maximum Gasteiger partial charge on any atom is 0.0544 e. The maximum atomic E-state index is 2.48. The molecule has 2 aliphatic carbocycles. The number of nitrogens with zero attached hydrogens (tertiary/aromatic N) is 1. The Morgan fingerprint density at radius 1 is 0.404 bits per heavy atom. The standard InChI is InChI=1S/C56H39N/c1-56(2)50-22-11-10-19-43(50)47-30-32-52-54(55(47)56)49-34-39(26-31-51(49)57(52)40-27-23-36(24-28-40)35-13-4-3-5-14-35)38-25-29-46-48(33-38)42-18-8-9-20-45(42)53(46)44-21-12-16-37-15-6-7-17-41(37)44/h3-34,53H,1-2H3. The molecule has 0 saturated heterocycles. The molecule has 0 fully saturated rings. The minimum Gasteiger partial charge on any atom is -0.309 e. The van der Waals surface area contributed by atoms with Crippen molar-refractivity contribution in [2.24, 2.45) is 0 Å². The van der Waals surface area contributed by atoms with E-state index in [9.17, 15) is 0 Å². The summed E-state index contributed by atoms with van der Waals surface area (Å²) in [5, 5.41) is 5.25. The van der Waals surface area contributed by atoms with Crippen LogP contribution in [0.15, 0.2) is 194 Å². The number of fused-ring (bicyclic) bond motifs is 11. The van der Waals surface area contributed by atoms with Crippen LogP contribution in [0.5, 0.6) is 0 Å². The van der Waals surface area contributed by atoms with Crippen LogP contribution in [0.3, 0.4) is 0 Å². The zero-order valence-corrected chi connectivity index (χ0v) is 32.0. The zero-order valence-electron chi connectivity index (χ0n) is 32.0. The van der Waals surface area contributed by atoms with Crippen LogP contribution in [0.4, 0.5) is 0 Å². The number of hydrogen-bond donors (Lipinski definition) is 0. The summed E-state index contributed by atoms with van der Waals surface area (Å²) in [5.74, 6) is 0.191. The largest absolute Gasteiger partial charge is 0.309 e. The molecule has 268 valence electrons. The lowest BCUT2D eigenvalue weighted by Crippen LogP contribution is -2.15. The van der Waals surface area contributed by atoms with E-state index in [2.05, 4.69) is 213 Å². The Balaban J connectivity index is 1.07. The lowest BCUT2D eigenvalue weighted by molar-refractivity contribution is 0.666. The van der Waals surface area contributed by atoms with Gasteiger partial charge in [0, 0.05) is 27.8 Å². The van der Waals surface area contributed by atoms with E-state index in [4.69, 9.17) is 0 Å². The van der Waals surface area contributed by atoms with Gasteiger partial charge in [-0.1, -0.05) is 172 Å². The third-order valence-electron chi connectivity index (χ3n) is 13.1. The average molecular weight is 726 g/mol. The van der Waals surface area contributed by atoms with Crippen LogP contribution in [0.25, 0.3) is 82.8 Å². The first kappa shape index (κ1) is 32.3. The van der Waals surface area contributed by atoms with Gasteiger partial charge in [0.25, 0.3) is 0 Å². The summed E-state index contributed by atoms with van der Waals surface area (Å²) >= 11 is 0. The van der Waals surface area contributed by atoms with E-state index in [0.717, 1.165) is 0 Å². The number of benzene rings is 9. The van der Waals surface area contributed by atoms with Gasteiger partial charge in [-0.25, -0.2) is 0 Å². The summed E-state index contributed by atoms with van der Waals surface area (Å²) in [4.78, 5) is 0. The molecular formula is C56H39N. The van der Waals surface area contributed by atoms with E-state index in [1.54, 1.807) is 0 Å². The fourth-order valence-corrected chi connectivity index (χ4v) is 10.5. The van der Waals surface area contributed by atoms with Gasteiger partial charge < -0.3 is 4.57 Å². The Morgan fingerprint density at radius 2 is 1.04 bits per heavy atom. The molecule has 9 aromatic carbocycles. The molecule has 1 atom stereocenters. The molecule has 1 heteroatoms. The predicted molar refractivity (Wildman–Crippen MR) is 240 cm³/mol. The second kappa shape index (κ2) is 12.0. The third kappa shape index (κ3) is 4.63. The van der Waals surface area contributed by atoms with Gasteiger partial charge >= 0.3 is 0 Å². The van der Waals surface area contributed by atoms with Gasteiger partial charge in [-0.3, -0.25) is 0 Å². The molecule has 0 amide bonds. The molecular weight excluding hydrogens is 687 g/mol. The highest BCUT2D eigenvalue weighted by Gasteiger charge is 2.38. The van der Waals surface area contributed by atoms with Crippen LogP contribution in [-0.4, -0.2) is 4.57 Å². The third-order valence-corrected chi connectivity index (χ3v) is 13.1. The Hall–Kier alpha value is -6.96. The quantitative estimate of drug-likeness (QED) is 0.170. The molecule has 0 N–H and O–H groups in total. The molecule has 1 nitrogen and oxygen atoms in total. The highest BCUT2D eigenvalue weighted by Crippen LogP contribution is 2.54. The van der Waals surface area contributed by atoms with Crippen molar-refractivity contribution >= 4 is 32.6 Å². The normalized spacial score (nSPS) is 14.8. The summed E-state index contributed by atoms with van der Waals surface area (Å²) in [6.07, 6.45) is 0. The van der Waals surface area contributed by atoms with Crippen LogP contribution in [0.2, 0.25) is 0 Å². The maximum absolute atomic E-state index is 2.48. The van der Waals surface area contributed by atoms with Crippen LogP contribution in [0.1, 0.15) is 47.6 Å². The van der Waals surface area contributed by atoms with E-state index in [0.29, 0.717) is 0 Å². The second-order valence-corrected chi connectivity index (χ2v) is 16.4. The summed E-state index contributed by atoms with van der Waals surface area (Å²) in [7, 11) is 0. The van der Waals surface area contributed by atoms with E-state index in [1.165, 1.54) is 111 Å². The van der Waals surface area contributed by atoms with E-state index in [-0.39, 0.29) is 11.3 Å². The molecule has 1 unspecified atom stereocenters. The van der Waals surface area contributed by atoms with Gasteiger partial charge in [-0.05, 0) is 119 Å². The molecule has 2 aliphatic rings. The monoisotopic (exact) mass is 725 g/mol. The van der Waals surface area contributed by atoms with Crippen LogP contribution in [0, 0.1) is 0 Å². The zero-order chi connectivity index (χ0) is 37.8. The molecule has 1 heterocycles. The van der Waals surface area contributed by atoms with Crippen molar-refractivity contribution in [3.8, 4) is 50.2 Å². The topological polar surface area (TPSA) is 4.93 Å². The van der Waals surface area contributed by atoms with Crippen molar-refractivity contribution in [1.29, 1.82) is 0 Å². The van der Waals surface area contributed by atoms with E-state index < -0.39 is 0 Å². The minimum absolute atomic E-state index is 0.147. The van der Waals surface area contributed by atoms with Crippen molar-refractivity contribution in [2.45, 2.75) is 25.2 Å². The minimum atomic E-state index is -0.147. The smallest absolute Gasteiger partial charge is 0.0544 e. The van der Waals surface area contributed by atoms with Crippen LogP contribution < -0.4 is 0 Å². The fourth-order valence-electron chi connectivity index (χ4n) is 10.5. The van der Waals surface area contributed by atoms with Gasteiger partial charge in [0.15, 0.2) is 0 Å². The molecule has 57 heavy (non-hydrogen) atoms. The molecule has 12 rings (SSSR count). The van der Waals surface area contributed by atoms with Gasteiger partial charge in [-0.15, -0.1) is 0 Å². The van der Waals surface area contributed by atoms with Crippen LogP contribution in [-0.2, 0) is 5.41 Å². The first-order valence-corrected chi connectivity index (χ1v) is 20.1. The number of rotatable bonds is 4. The predicted octanol–water partition coefficient (Wildman–Crippen LogP) is 14.7. The second-order valence-electron chi connectivity index (χ2n) is 16.4. The lowest BCUT2D eigenvalue weighted by atomic mass is 9.80. The van der Waals surface area contributed by atoms with Gasteiger partial charge in [0.2, 0.25) is 0 Å². The number of aromatic nitrogens is 1. The van der Waals surface area contributed by atoms with E-state index >= 15 is 0 Å². The molecule has 1 aromatic heterocycles. The molecule has 0 saturated carbocycles. The van der Waals surface area contributed by atoms with Crippen LogP contribution >= 0.6 is 0 Å². The van der Waals surface area contributed by atoms with E-state index in [1.807, 2.05) is 0 Å². The molecule has 0 radical (unpaired) electrons. The Bertz CT molecular complexity index is 3250. The van der Waals surface area contributed by atoms with Crippen molar-refractivity contribution in [2.75, 3.05) is 0 Å². The summed E-state index contributed by atoms with van der Waals surface area (Å²) in [5.41, 5.74) is 20.7. The molecule has 0 spiro atoms. The van der Waals surface area contributed by atoms with Crippen molar-refractivity contribution < 1.29 is 0 Å². The highest BCUT2D eigenvalue weighted by atomic mass is 15.0. The number of hydrogen-bond acceptors (Lipinski definition) is 0. The first-order valence-electron chi connectivity index (χ1n) is 20.1. The Morgan fingerprint density at radius 3 is 1.91 bits per heavy atom.